The SMILES string of the molecule is C#CCOC1CCN(C(=O)Nc2ccc(F)c([C@]3(C)C[C@@H](C(F)(F)F)OC(Nc4ccccc4)=N3)c2)CC1. The maximum Gasteiger partial charge on any atom is 0.425 e. The minimum Gasteiger partial charge on any atom is -0.452 e. The number of para-hydroxylation sites is 1. The minimum absolute atomic E-state index is 0.0286. The van der Waals surface area contributed by atoms with Crippen LogP contribution >= 0.6 is 0 Å². The van der Waals surface area contributed by atoms with E-state index >= 15 is 4.39 Å². The second-order valence-corrected chi connectivity index (χ2v) is 9.36. The monoisotopic (exact) mass is 532 g/mol. The van der Waals surface area contributed by atoms with E-state index in [1.165, 1.54) is 19.1 Å². The number of halogens is 4. The number of benzene rings is 2. The average molecular weight is 533 g/mol. The number of hydrogen-bond acceptors (Lipinski definition) is 5. The van der Waals surface area contributed by atoms with E-state index in [1.807, 2.05) is 0 Å². The molecule has 38 heavy (non-hydrogen) atoms. The van der Waals surface area contributed by atoms with Crippen LogP contribution in [0, 0.1) is 18.2 Å². The van der Waals surface area contributed by atoms with Crippen molar-refractivity contribution in [2.75, 3.05) is 30.3 Å². The van der Waals surface area contributed by atoms with Gasteiger partial charge in [-0.05, 0) is 50.1 Å². The normalized spacial score (nSPS) is 22.2. The predicted molar refractivity (Wildman–Crippen MR) is 135 cm³/mol. The van der Waals surface area contributed by atoms with Crippen LogP contribution in [0.15, 0.2) is 53.5 Å². The zero-order valence-electron chi connectivity index (χ0n) is 20.7. The number of rotatable bonds is 5. The van der Waals surface area contributed by atoms with Gasteiger partial charge in [-0.25, -0.2) is 14.2 Å². The summed E-state index contributed by atoms with van der Waals surface area (Å²) in [5.74, 6) is 1.67. The second kappa shape index (κ2) is 11.3. The maximum absolute atomic E-state index is 15.1. The number of likely N-dealkylation sites (tertiary alicyclic amines) is 1. The third kappa shape index (κ3) is 6.55. The molecule has 2 N–H and O–H groups in total. The van der Waals surface area contributed by atoms with E-state index in [4.69, 9.17) is 15.9 Å². The molecule has 2 atom stereocenters. The van der Waals surface area contributed by atoms with Crippen LogP contribution in [0.3, 0.4) is 0 Å². The lowest BCUT2D eigenvalue weighted by Gasteiger charge is -2.37. The molecule has 11 heteroatoms. The Balaban J connectivity index is 1.54. The van der Waals surface area contributed by atoms with Crippen molar-refractivity contribution < 1.29 is 31.8 Å². The Bertz CT molecular complexity index is 1210. The molecule has 2 heterocycles. The first-order valence-electron chi connectivity index (χ1n) is 12.1. The lowest BCUT2D eigenvalue weighted by atomic mass is 9.85. The van der Waals surface area contributed by atoms with Crippen LogP contribution in [0.25, 0.3) is 0 Å². The van der Waals surface area contributed by atoms with Gasteiger partial charge in [-0.3, -0.25) is 0 Å². The summed E-state index contributed by atoms with van der Waals surface area (Å²) in [4.78, 5) is 18.8. The van der Waals surface area contributed by atoms with Crippen molar-refractivity contribution in [3.8, 4) is 12.3 Å². The lowest BCUT2D eigenvalue weighted by molar-refractivity contribution is -0.207. The Morgan fingerprint density at radius 1 is 1.21 bits per heavy atom. The molecule has 0 aliphatic carbocycles. The fourth-order valence-electron chi connectivity index (χ4n) is 4.50. The third-order valence-electron chi connectivity index (χ3n) is 6.50. The van der Waals surface area contributed by atoms with Gasteiger partial charge < -0.3 is 25.0 Å². The molecule has 2 aliphatic rings. The smallest absolute Gasteiger partial charge is 0.425 e. The van der Waals surface area contributed by atoms with E-state index in [-0.39, 0.29) is 30.0 Å². The highest BCUT2D eigenvalue weighted by Crippen LogP contribution is 2.42. The molecule has 0 spiro atoms. The summed E-state index contributed by atoms with van der Waals surface area (Å²) < 4.78 is 67.0. The summed E-state index contributed by atoms with van der Waals surface area (Å²) in [6.07, 6.45) is -1.15. The van der Waals surface area contributed by atoms with Crippen LogP contribution in [-0.2, 0) is 15.0 Å². The van der Waals surface area contributed by atoms with Gasteiger partial charge in [0.05, 0.1) is 11.6 Å². The Labute approximate surface area is 218 Å². The third-order valence-corrected chi connectivity index (χ3v) is 6.50. The topological polar surface area (TPSA) is 75.2 Å². The molecule has 202 valence electrons. The molecule has 4 rings (SSSR count). The molecular formula is C27H28F4N4O3. The van der Waals surface area contributed by atoms with E-state index in [2.05, 4.69) is 21.5 Å². The van der Waals surface area contributed by atoms with Crippen LogP contribution in [0.5, 0.6) is 0 Å². The van der Waals surface area contributed by atoms with Gasteiger partial charge in [-0.15, -0.1) is 6.42 Å². The summed E-state index contributed by atoms with van der Waals surface area (Å²) in [6, 6.07) is 11.4. The molecule has 2 aromatic carbocycles. The molecule has 0 unspecified atom stereocenters. The number of ether oxygens (including phenoxy) is 2. The fourth-order valence-corrected chi connectivity index (χ4v) is 4.50. The van der Waals surface area contributed by atoms with Crippen molar-refractivity contribution in [1.29, 1.82) is 0 Å². The van der Waals surface area contributed by atoms with Gasteiger partial charge in [0.15, 0.2) is 6.10 Å². The Kier molecular flexibility index (Phi) is 8.11. The number of aliphatic imine (C=N–C) groups is 1. The summed E-state index contributed by atoms with van der Waals surface area (Å²) in [6.45, 7) is 2.50. The summed E-state index contributed by atoms with van der Waals surface area (Å²) >= 11 is 0. The van der Waals surface area contributed by atoms with E-state index in [0.29, 0.717) is 31.6 Å². The quantitative estimate of drug-likeness (QED) is 0.394. The predicted octanol–water partition coefficient (Wildman–Crippen LogP) is 5.51. The molecule has 0 bridgehead atoms. The van der Waals surface area contributed by atoms with E-state index in [0.717, 1.165) is 6.07 Å². The molecule has 0 aromatic heterocycles. The number of hydrogen-bond donors (Lipinski definition) is 2. The van der Waals surface area contributed by atoms with Crippen molar-refractivity contribution >= 4 is 23.4 Å². The molecular weight excluding hydrogens is 504 g/mol. The second-order valence-electron chi connectivity index (χ2n) is 9.36. The number of piperidine rings is 1. The molecule has 2 aliphatic heterocycles. The number of carbonyl (C=O) groups is 1. The van der Waals surface area contributed by atoms with E-state index in [1.54, 1.807) is 35.2 Å². The number of carbonyl (C=O) groups excluding carboxylic acids is 1. The number of amides is 2. The first-order valence-corrected chi connectivity index (χ1v) is 12.1. The zero-order valence-corrected chi connectivity index (χ0v) is 20.7. The van der Waals surface area contributed by atoms with E-state index < -0.39 is 36.1 Å². The Morgan fingerprint density at radius 3 is 2.58 bits per heavy atom. The molecule has 1 saturated heterocycles. The van der Waals surface area contributed by atoms with Crippen molar-refractivity contribution in [3.05, 3.63) is 59.9 Å². The summed E-state index contributed by atoms with van der Waals surface area (Å²) in [5, 5.41) is 5.46. The highest BCUT2D eigenvalue weighted by molar-refractivity contribution is 5.91. The van der Waals surface area contributed by atoms with Gasteiger partial charge in [0.25, 0.3) is 6.02 Å². The molecule has 7 nitrogen and oxygen atoms in total. The average Bonchev–Trinajstić information content (AvgIpc) is 2.88. The number of nitrogens with one attached hydrogen (secondary N) is 2. The largest absolute Gasteiger partial charge is 0.452 e. The summed E-state index contributed by atoms with van der Waals surface area (Å²) in [5.41, 5.74) is -1.03. The Hall–Kier alpha value is -3.78. The van der Waals surface area contributed by atoms with Gasteiger partial charge in [-0.2, -0.15) is 13.2 Å². The van der Waals surface area contributed by atoms with Crippen LogP contribution in [0.2, 0.25) is 0 Å². The van der Waals surface area contributed by atoms with Crippen molar-refractivity contribution in [1.82, 2.24) is 4.90 Å². The lowest BCUT2D eigenvalue weighted by Crippen LogP contribution is -2.46. The maximum atomic E-state index is 15.1. The van der Waals surface area contributed by atoms with Crippen molar-refractivity contribution in [2.45, 2.75) is 50.1 Å². The van der Waals surface area contributed by atoms with Crippen molar-refractivity contribution in [3.63, 3.8) is 0 Å². The molecule has 2 aromatic rings. The van der Waals surface area contributed by atoms with E-state index in [9.17, 15) is 18.0 Å². The number of amidine groups is 1. The van der Waals surface area contributed by atoms with Gasteiger partial charge in [0, 0.05) is 36.4 Å². The van der Waals surface area contributed by atoms with Gasteiger partial charge in [-0.1, -0.05) is 24.1 Å². The van der Waals surface area contributed by atoms with Crippen LogP contribution in [-0.4, -0.2) is 55.0 Å². The van der Waals surface area contributed by atoms with Gasteiger partial charge in [0.1, 0.15) is 12.4 Å². The molecule has 2 amide bonds. The molecule has 1 fully saturated rings. The minimum atomic E-state index is -4.71. The first kappa shape index (κ1) is 27.3. The van der Waals surface area contributed by atoms with Crippen LogP contribution in [0.1, 0.15) is 31.7 Å². The van der Waals surface area contributed by atoms with Crippen LogP contribution in [0.4, 0.5) is 33.7 Å². The fraction of sp³-hybridized carbons (Fsp3) is 0.407. The highest BCUT2D eigenvalue weighted by atomic mass is 19.4. The molecule has 0 saturated carbocycles. The molecule has 0 radical (unpaired) electrons. The van der Waals surface area contributed by atoms with Crippen molar-refractivity contribution in [2.24, 2.45) is 4.99 Å². The number of alkyl halides is 3. The number of terminal acetylenes is 1. The van der Waals surface area contributed by atoms with Gasteiger partial charge >= 0.3 is 12.2 Å². The Morgan fingerprint density at radius 2 is 1.92 bits per heavy atom. The first-order chi connectivity index (χ1) is 18.1. The number of nitrogens with zero attached hydrogens (tertiary/aromatic N) is 2. The van der Waals surface area contributed by atoms with Gasteiger partial charge in [0.2, 0.25) is 0 Å². The highest BCUT2D eigenvalue weighted by Gasteiger charge is 2.50. The zero-order chi connectivity index (χ0) is 27.3. The number of anilines is 2. The number of urea groups is 1. The summed E-state index contributed by atoms with van der Waals surface area (Å²) in [7, 11) is 0. The standard InChI is InChI=1S/C27H28F4N4O3/c1-3-15-37-20-11-13-35(14-12-20)25(36)33-19-9-10-22(28)21(16-19)26(2)17-23(27(29,30)31)38-24(34-26)32-18-7-5-4-6-8-18/h1,4-10,16,20,23H,11-15,17H2,2H3,(H,32,34)(H,33,36)/t23-,26-/m0/s1. The van der Waals surface area contributed by atoms with Crippen LogP contribution < -0.4 is 10.6 Å².